The molecule has 0 amide bonds. The number of rotatable bonds is 3. The van der Waals surface area contributed by atoms with E-state index in [0.29, 0.717) is 6.54 Å². The molecule has 2 heteroatoms. The van der Waals surface area contributed by atoms with Crippen LogP contribution in [0.5, 0.6) is 0 Å². The van der Waals surface area contributed by atoms with Crippen molar-refractivity contribution in [2.24, 2.45) is 5.73 Å². The van der Waals surface area contributed by atoms with Crippen molar-refractivity contribution < 1.29 is 4.42 Å². The molecule has 0 unspecified atom stereocenters. The van der Waals surface area contributed by atoms with Gasteiger partial charge in [0.1, 0.15) is 5.76 Å². The zero-order chi connectivity index (χ0) is 8.10. The maximum atomic E-state index is 5.35. The Kier molecular flexibility index (Phi) is 2.93. The Hall–Kier alpha value is -1.02. The van der Waals surface area contributed by atoms with Gasteiger partial charge in [-0.2, -0.15) is 0 Å². The van der Waals surface area contributed by atoms with Gasteiger partial charge in [-0.1, -0.05) is 11.6 Å². The number of furan rings is 1. The van der Waals surface area contributed by atoms with Crippen LogP contribution in [0.25, 0.3) is 0 Å². The lowest BCUT2D eigenvalue weighted by atomic mass is 10.2. The summed E-state index contributed by atoms with van der Waals surface area (Å²) in [5.41, 5.74) is 6.60. The third kappa shape index (κ3) is 2.60. The molecule has 2 nitrogen and oxygen atoms in total. The van der Waals surface area contributed by atoms with Crippen LogP contribution >= 0.6 is 0 Å². The van der Waals surface area contributed by atoms with E-state index >= 15 is 0 Å². The van der Waals surface area contributed by atoms with Crippen LogP contribution in [0.2, 0.25) is 0 Å². The van der Waals surface area contributed by atoms with Gasteiger partial charge in [0, 0.05) is 13.0 Å². The summed E-state index contributed by atoms with van der Waals surface area (Å²) in [7, 11) is 0. The Morgan fingerprint density at radius 1 is 1.73 bits per heavy atom. The average Bonchev–Trinajstić information content (AvgIpc) is 2.40. The quantitative estimate of drug-likeness (QED) is 0.668. The van der Waals surface area contributed by atoms with Crippen LogP contribution < -0.4 is 5.73 Å². The molecule has 0 aliphatic carbocycles. The molecular formula is C9H13NO. The Bertz CT molecular complexity index is 224. The largest absolute Gasteiger partial charge is 0.469 e. The van der Waals surface area contributed by atoms with E-state index in [1.54, 1.807) is 6.26 Å². The minimum absolute atomic E-state index is 0.604. The fourth-order valence-corrected chi connectivity index (χ4v) is 0.961. The van der Waals surface area contributed by atoms with Crippen molar-refractivity contribution in [3.8, 4) is 0 Å². The van der Waals surface area contributed by atoms with E-state index in [9.17, 15) is 0 Å². The molecule has 0 radical (unpaired) electrons. The maximum Gasteiger partial charge on any atom is 0.107 e. The van der Waals surface area contributed by atoms with Gasteiger partial charge in [0.2, 0.25) is 0 Å². The topological polar surface area (TPSA) is 39.2 Å². The predicted octanol–water partition coefficient (Wildman–Crippen LogP) is 1.73. The van der Waals surface area contributed by atoms with Crippen LogP contribution in [0.3, 0.4) is 0 Å². The number of allylic oxidation sites excluding steroid dienone is 1. The van der Waals surface area contributed by atoms with Crippen molar-refractivity contribution in [2.75, 3.05) is 6.54 Å². The number of hydrogen-bond donors (Lipinski definition) is 1. The molecule has 1 aromatic rings. The predicted molar refractivity (Wildman–Crippen MR) is 45.2 cm³/mol. The van der Waals surface area contributed by atoms with Crippen LogP contribution in [0.15, 0.2) is 34.5 Å². The van der Waals surface area contributed by atoms with Crippen molar-refractivity contribution >= 4 is 0 Å². The van der Waals surface area contributed by atoms with Gasteiger partial charge in [-0.05, 0) is 19.1 Å². The van der Waals surface area contributed by atoms with Crippen molar-refractivity contribution in [2.45, 2.75) is 13.3 Å². The van der Waals surface area contributed by atoms with E-state index in [1.165, 1.54) is 5.57 Å². The highest BCUT2D eigenvalue weighted by molar-refractivity contribution is 5.10. The van der Waals surface area contributed by atoms with Crippen molar-refractivity contribution in [1.82, 2.24) is 0 Å². The first-order valence-corrected chi connectivity index (χ1v) is 3.71. The lowest BCUT2D eigenvalue weighted by Gasteiger charge is -1.95. The van der Waals surface area contributed by atoms with Crippen LogP contribution in [0, 0.1) is 0 Å². The van der Waals surface area contributed by atoms with E-state index in [0.717, 1.165) is 12.2 Å². The lowest BCUT2D eigenvalue weighted by molar-refractivity contribution is 0.519. The Morgan fingerprint density at radius 3 is 3.09 bits per heavy atom. The molecule has 2 N–H and O–H groups in total. The van der Waals surface area contributed by atoms with Crippen LogP contribution in [-0.2, 0) is 6.42 Å². The third-order valence-corrected chi connectivity index (χ3v) is 1.50. The molecule has 0 atom stereocenters. The zero-order valence-electron chi connectivity index (χ0n) is 6.71. The summed E-state index contributed by atoms with van der Waals surface area (Å²) in [6.45, 7) is 2.65. The summed E-state index contributed by atoms with van der Waals surface area (Å²) in [6, 6.07) is 3.86. The summed E-state index contributed by atoms with van der Waals surface area (Å²) in [4.78, 5) is 0. The van der Waals surface area contributed by atoms with Gasteiger partial charge in [0.25, 0.3) is 0 Å². The first kappa shape index (κ1) is 8.08. The van der Waals surface area contributed by atoms with E-state index in [-0.39, 0.29) is 0 Å². The highest BCUT2D eigenvalue weighted by Gasteiger charge is 1.95. The van der Waals surface area contributed by atoms with Crippen molar-refractivity contribution in [3.63, 3.8) is 0 Å². The van der Waals surface area contributed by atoms with Gasteiger partial charge < -0.3 is 10.2 Å². The Labute approximate surface area is 66.7 Å². The molecule has 60 valence electrons. The fourth-order valence-electron chi connectivity index (χ4n) is 0.961. The second-order valence-electron chi connectivity index (χ2n) is 2.54. The summed E-state index contributed by atoms with van der Waals surface area (Å²) in [5, 5.41) is 0. The molecule has 0 bridgehead atoms. The zero-order valence-corrected chi connectivity index (χ0v) is 6.71. The molecule has 0 spiro atoms. The van der Waals surface area contributed by atoms with Crippen molar-refractivity contribution in [1.29, 1.82) is 0 Å². The molecule has 11 heavy (non-hydrogen) atoms. The molecule has 0 aliphatic rings. The fraction of sp³-hybridized carbons (Fsp3) is 0.333. The first-order valence-electron chi connectivity index (χ1n) is 3.71. The minimum Gasteiger partial charge on any atom is -0.469 e. The SMILES string of the molecule is CC(=CCN)Cc1ccco1. The molecule has 1 rings (SSSR count). The summed E-state index contributed by atoms with van der Waals surface area (Å²) in [6.07, 6.45) is 4.55. The molecule has 0 fully saturated rings. The summed E-state index contributed by atoms with van der Waals surface area (Å²) < 4.78 is 5.17. The van der Waals surface area contributed by atoms with Gasteiger partial charge in [0.05, 0.1) is 6.26 Å². The number of hydrogen-bond acceptors (Lipinski definition) is 2. The lowest BCUT2D eigenvalue weighted by Crippen LogP contribution is -1.95. The molecule has 1 heterocycles. The van der Waals surface area contributed by atoms with Gasteiger partial charge in [0.15, 0.2) is 0 Å². The third-order valence-electron chi connectivity index (χ3n) is 1.50. The highest BCUT2D eigenvalue weighted by atomic mass is 16.3. The summed E-state index contributed by atoms with van der Waals surface area (Å²) >= 11 is 0. The van der Waals surface area contributed by atoms with E-state index in [2.05, 4.69) is 6.92 Å². The van der Waals surface area contributed by atoms with Gasteiger partial charge in [-0.25, -0.2) is 0 Å². The van der Waals surface area contributed by atoms with Crippen LogP contribution in [0.1, 0.15) is 12.7 Å². The van der Waals surface area contributed by atoms with E-state index in [4.69, 9.17) is 10.2 Å². The summed E-state index contributed by atoms with van der Waals surface area (Å²) in [5.74, 6) is 0.993. The highest BCUT2D eigenvalue weighted by Crippen LogP contribution is 2.06. The molecule has 1 aromatic heterocycles. The number of nitrogens with two attached hydrogens (primary N) is 1. The molecule has 0 aliphatic heterocycles. The van der Waals surface area contributed by atoms with Crippen molar-refractivity contribution in [3.05, 3.63) is 35.8 Å². The molecular weight excluding hydrogens is 138 g/mol. The van der Waals surface area contributed by atoms with Gasteiger partial charge in [-0.3, -0.25) is 0 Å². The second kappa shape index (κ2) is 3.98. The molecule has 0 aromatic carbocycles. The smallest absolute Gasteiger partial charge is 0.107 e. The van der Waals surface area contributed by atoms with E-state index in [1.807, 2.05) is 18.2 Å². The Morgan fingerprint density at radius 2 is 2.55 bits per heavy atom. The van der Waals surface area contributed by atoms with E-state index < -0.39 is 0 Å². The standard InChI is InChI=1S/C9H13NO/c1-8(4-5-10)7-9-3-2-6-11-9/h2-4,6H,5,7,10H2,1H3. The van der Waals surface area contributed by atoms with Crippen LogP contribution in [-0.4, -0.2) is 6.54 Å². The molecule has 0 saturated heterocycles. The Balaban J connectivity index is 2.50. The van der Waals surface area contributed by atoms with Crippen LogP contribution in [0.4, 0.5) is 0 Å². The maximum absolute atomic E-state index is 5.35. The average molecular weight is 151 g/mol. The first-order chi connectivity index (χ1) is 5.33. The second-order valence-corrected chi connectivity index (χ2v) is 2.54. The minimum atomic E-state index is 0.604. The van der Waals surface area contributed by atoms with Gasteiger partial charge in [-0.15, -0.1) is 0 Å². The molecule has 0 saturated carbocycles. The van der Waals surface area contributed by atoms with Gasteiger partial charge >= 0.3 is 0 Å². The monoisotopic (exact) mass is 151 g/mol. The normalized spacial score (nSPS) is 12.0.